The molecule has 2 unspecified atom stereocenters. The molecule has 3 aromatic carbocycles. The molecule has 6 N–H and O–H groups in total. The van der Waals surface area contributed by atoms with Gasteiger partial charge in [-0.25, -0.2) is 0 Å². The van der Waals surface area contributed by atoms with Crippen molar-refractivity contribution in [3.8, 4) is 23.0 Å². The topological polar surface area (TPSA) is 111 Å². The van der Waals surface area contributed by atoms with Crippen molar-refractivity contribution < 1.29 is 19.7 Å². The van der Waals surface area contributed by atoms with E-state index in [0.29, 0.717) is 11.5 Å². The van der Waals surface area contributed by atoms with Gasteiger partial charge in [-0.05, 0) is 36.4 Å². The molecule has 30 heavy (non-hydrogen) atoms. The normalized spacial score (nSPS) is 20.1. The standard InChI is InChI=1S/C24H22N2O4/c25-19-14-17(9-11-21(19)27)29-23-8-4-5-13-24(23,16-6-2-1-3-7-16)30-18-10-12-22(28)20(26)15-18/h1-15,23,27-28H,25-26H2. The van der Waals surface area contributed by atoms with Crippen molar-refractivity contribution in [1.29, 1.82) is 0 Å². The number of rotatable bonds is 5. The zero-order valence-corrected chi connectivity index (χ0v) is 16.1. The Morgan fingerprint density at radius 3 is 2.07 bits per heavy atom. The minimum atomic E-state index is -1.01. The molecule has 3 aromatic rings. The van der Waals surface area contributed by atoms with Gasteiger partial charge in [0.15, 0.2) is 11.7 Å². The maximum atomic E-state index is 9.76. The summed E-state index contributed by atoms with van der Waals surface area (Å²) in [5.41, 5.74) is 12.0. The van der Waals surface area contributed by atoms with E-state index in [4.69, 9.17) is 20.9 Å². The van der Waals surface area contributed by atoms with E-state index in [0.717, 1.165) is 5.56 Å². The molecule has 6 nitrogen and oxygen atoms in total. The van der Waals surface area contributed by atoms with E-state index in [2.05, 4.69) is 0 Å². The van der Waals surface area contributed by atoms with E-state index in [-0.39, 0.29) is 22.9 Å². The number of phenolic OH excluding ortho intramolecular Hbond substituents is 2. The first-order chi connectivity index (χ1) is 14.5. The minimum Gasteiger partial charge on any atom is -0.506 e. The van der Waals surface area contributed by atoms with Gasteiger partial charge >= 0.3 is 0 Å². The average Bonchev–Trinajstić information content (AvgIpc) is 2.75. The molecule has 0 saturated carbocycles. The van der Waals surface area contributed by atoms with Gasteiger partial charge in [0.25, 0.3) is 0 Å². The number of allylic oxidation sites excluding steroid dienone is 2. The summed E-state index contributed by atoms with van der Waals surface area (Å²) < 4.78 is 12.7. The maximum absolute atomic E-state index is 9.76. The van der Waals surface area contributed by atoms with Crippen molar-refractivity contribution >= 4 is 11.4 Å². The van der Waals surface area contributed by atoms with Gasteiger partial charge < -0.3 is 31.2 Å². The summed E-state index contributed by atoms with van der Waals surface area (Å²) in [4.78, 5) is 0. The summed E-state index contributed by atoms with van der Waals surface area (Å²) in [6.45, 7) is 0. The molecule has 2 atom stereocenters. The Morgan fingerprint density at radius 1 is 0.767 bits per heavy atom. The fourth-order valence-electron chi connectivity index (χ4n) is 3.38. The first-order valence-electron chi connectivity index (χ1n) is 9.42. The number of aromatic hydroxyl groups is 2. The zero-order chi connectivity index (χ0) is 21.1. The third-order valence-corrected chi connectivity index (χ3v) is 4.94. The molecule has 4 rings (SSSR count). The fraction of sp³-hybridized carbons (Fsp3) is 0.0833. The molecule has 0 heterocycles. The van der Waals surface area contributed by atoms with Gasteiger partial charge in [0.05, 0.1) is 11.4 Å². The van der Waals surface area contributed by atoms with Crippen LogP contribution in [0.5, 0.6) is 23.0 Å². The summed E-state index contributed by atoms with van der Waals surface area (Å²) in [5.74, 6) is 0.950. The monoisotopic (exact) mass is 402 g/mol. The van der Waals surface area contributed by atoms with E-state index in [1.54, 1.807) is 24.3 Å². The first kappa shape index (κ1) is 19.3. The second-order valence-corrected chi connectivity index (χ2v) is 6.98. The SMILES string of the molecule is Nc1cc(OC2C=CC=CC2(Oc2ccc(O)c(N)c2)c2ccccc2)ccc1O. The van der Waals surface area contributed by atoms with Crippen molar-refractivity contribution in [3.05, 3.63) is 96.6 Å². The molecule has 0 saturated heterocycles. The minimum absolute atomic E-state index is 0.00780. The lowest BCUT2D eigenvalue weighted by Crippen LogP contribution is -2.46. The predicted octanol–water partition coefficient (Wildman–Crippen LogP) is 4.11. The molecule has 0 aliphatic heterocycles. The largest absolute Gasteiger partial charge is 0.506 e. The van der Waals surface area contributed by atoms with Gasteiger partial charge in [0.2, 0.25) is 0 Å². The summed E-state index contributed by atoms with van der Waals surface area (Å²) in [6, 6.07) is 19.1. The van der Waals surface area contributed by atoms with Gasteiger partial charge in [-0.1, -0.05) is 42.5 Å². The van der Waals surface area contributed by atoms with Gasteiger partial charge in [-0.3, -0.25) is 0 Å². The zero-order valence-electron chi connectivity index (χ0n) is 16.1. The molecule has 0 amide bonds. The Kier molecular flexibility index (Phi) is 4.98. The van der Waals surface area contributed by atoms with Gasteiger partial charge in [-0.15, -0.1) is 0 Å². The number of hydrogen-bond acceptors (Lipinski definition) is 6. The maximum Gasteiger partial charge on any atom is 0.193 e. The number of nitrogen functional groups attached to an aromatic ring is 2. The Balaban J connectivity index is 1.77. The van der Waals surface area contributed by atoms with Crippen molar-refractivity contribution in [2.75, 3.05) is 11.5 Å². The van der Waals surface area contributed by atoms with Gasteiger partial charge in [0.1, 0.15) is 23.0 Å². The molecular formula is C24H22N2O4. The van der Waals surface area contributed by atoms with Crippen LogP contribution in [-0.2, 0) is 5.60 Å². The summed E-state index contributed by atoms with van der Waals surface area (Å²) in [7, 11) is 0. The number of phenols is 2. The highest BCUT2D eigenvalue weighted by Gasteiger charge is 2.42. The third-order valence-electron chi connectivity index (χ3n) is 4.94. The van der Waals surface area contributed by atoms with Crippen LogP contribution in [0.4, 0.5) is 11.4 Å². The Bertz CT molecular complexity index is 1110. The summed E-state index contributed by atoms with van der Waals surface area (Å²) in [5, 5.41) is 19.5. The second-order valence-electron chi connectivity index (χ2n) is 6.98. The van der Waals surface area contributed by atoms with Crippen LogP contribution in [0.3, 0.4) is 0 Å². The summed E-state index contributed by atoms with van der Waals surface area (Å²) in [6.07, 6.45) is 7.02. The van der Waals surface area contributed by atoms with Crippen LogP contribution < -0.4 is 20.9 Å². The summed E-state index contributed by atoms with van der Waals surface area (Å²) >= 11 is 0. The van der Waals surface area contributed by atoms with E-state index < -0.39 is 11.7 Å². The number of ether oxygens (including phenoxy) is 2. The van der Waals surface area contributed by atoms with E-state index in [1.165, 1.54) is 12.1 Å². The Hall–Kier alpha value is -4.06. The first-order valence-corrected chi connectivity index (χ1v) is 9.42. The van der Waals surface area contributed by atoms with Crippen LogP contribution in [0.15, 0.2) is 91.0 Å². The Morgan fingerprint density at radius 2 is 1.40 bits per heavy atom. The highest BCUT2D eigenvalue weighted by atomic mass is 16.6. The van der Waals surface area contributed by atoms with Crippen LogP contribution in [0, 0.1) is 0 Å². The lowest BCUT2D eigenvalue weighted by molar-refractivity contribution is 0.0157. The molecule has 0 radical (unpaired) electrons. The highest BCUT2D eigenvalue weighted by Crippen LogP contribution is 2.39. The van der Waals surface area contributed by atoms with Crippen molar-refractivity contribution in [2.24, 2.45) is 0 Å². The second kappa shape index (κ2) is 7.75. The fourth-order valence-corrected chi connectivity index (χ4v) is 3.38. The van der Waals surface area contributed by atoms with E-state index in [1.807, 2.05) is 54.6 Å². The van der Waals surface area contributed by atoms with Gasteiger partial charge in [0, 0.05) is 17.7 Å². The van der Waals surface area contributed by atoms with E-state index in [9.17, 15) is 10.2 Å². The average molecular weight is 402 g/mol. The lowest BCUT2D eigenvalue weighted by Gasteiger charge is -2.39. The number of anilines is 2. The van der Waals surface area contributed by atoms with Gasteiger partial charge in [-0.2, -0.15) is 0 Å². The van der Waals surface area contributed by atoms with Crippen molar-refractivity contribution in [2.45, 2.75) is 11.7 Å². The van der Waals surface area contributed by atoms with Crippen LogP contribution in [0.25, 0.3) is 0 Å². The molecule has 0 bridgehead atoms. The van der Waals surface area contributed by atoms with Crippen LogP contribution in [0.1, 0.15) is 5.56 Å². The van der Waals surface area contributed by atoms with E-state index >= 15 is 0 Å². The molecule has 0 spiro atoms. The lowest BCUT2D eigenvalue weighted by atomic mass is 9.84. The molecule has 1 aliphatic carbocycles. The Labute approximate surface area is 174 Å². The smallest absolute Gasteiger partial charge is 0.193 e. The third kappa shape index (κ3) is 3.63. The number of benzene rings is 3. The molecule has 152 valence electrons. The van der Waals surface area contributed by atoms with Crippen molar-refractivity contribution in [1.82, 2.24) is 0 Å². The van der Waals surface area contributed by atoms with Crippen LogP contribution >= 0.6 is 0 Å². The number of nitrogens with two attached hydrogens (primary N) is 2. The van der Waals surface area contributed by atoms with Crippen LogP contribution in [-0.4, -0.2) is 16.3 Å². The quantitative estimate of drug-likeness (QED) is 0.378. The predicted molar refractivity (Wildman–Crippen MR) is 116 cm³/mol. The molecule has 1 aliphatic rings. The molecular weight excluding hydrogens is 380 g/mol. The van der Waals surface area contributed by atoms with Crippen molar-refractivity contribution in [3.63, 3.8) is 0 Å². The number of hydrogen-bond donors (Lipinski definition) is 4. The molecule has 0 fully saturated rings. The van der Waals surface area contributed by atoms with Crippen LogP contribution in [0.2, 0.25) is 0 Å². The molecule has 0 aromatic heterocycles. The highest BCUT2D eigenvalue weighted by molar-refractivity contribution is 5.56. The molecule has 6 heteroatoms.